The van der Waals surface area contributed by atoms with Gasteiger partial charge in [0.1, 0.15) is 6.42 Å². The van der Waals surface area contributed by atoms with Gasteiger partial charge in [0.05, 0.1) is 0 Å². The number of imide groups is 1. The molecule has 0 saturated carbocycles. The van der Waals surface area contributed by atoms with Gasteiger partial charge in [0.25, 0.3) is 0 Å². The molecule has 1 aliphatic heterocycles. The summed E-state index contributed by atoms with van der Waals surface area (Å²) in [5.74, 6) is -4.99. The molecule has 1 heterocycles. The highest BCUT2D eigenvalue weighted by molar-refractivity contribution is 6.08. The topological polar surface area (TPSA) is 98.8 Å². The first-order valence-corrected chi connectivity index (χ1v) is 7.21. The summed E-state index contributed by atoms with van der Waals surface area (Å²) >= 11 is 0. The molecule has 1 N–H and O–H groups in total. The summed E-state index contributed by atoms with van der Waals surface area (Å²) < 4.78 is 10.0. The fourth-order valence-corrected chi connectivity index (χ4v) is 1.86. The molecule has 0 aromatic heterocycles. The zero-order valence-electron chi connectivity index (χ0n) is 12.4. The zero-order chi connectivity index (χ0) is 15.9. The summed E-state index contributed by atoms with van der Waals surface area (Å²) in [6.07, 6.45) is 2.47. The Bertz CT molecular complexity index is 409. The van der Waals surface area contributed by atoms with E-state index < -0.39 is 36.0 Å². The maximum Gasteiger partial charge on any atom is 0.345 e. The van der Waals surface area contributed by atoms with Gasteiger partial charge in [0.2, 0.25) is 5.91 Å². The van der Waals surface area contributed by atoms with Crippen molar-refractivity contribution in [1.82, 2.24) is 5.32 Å². The lowest BCUT2D eigenvalue weighted by molar-refractivity contribution is -0.222. The highest BCUT2D eigenvalue weighted by Gasteiger charge is 2.54. The normalized spacial score (nSPS) is 16.5. The molecular formula is C14H21NO6. The van der Waals surface area contributed by atoms with E-state index in [-0.39, 0.29) is 12.8 Å². The number of amides is 2. The standard InChI is InChI=1S/C14H21NO6/c1-3-5-7-11(17)20-14(9-10(16)15-13(14)19)21-12(18)8-6-4-2/h3-9H2,1-2H3,(H,15,16,19). The number of carbonyl (C=O) groups is 4. The molecule has 0 radical (unpaired) electrons. The second-order valence-corrected chi connectivity index (χ2v) is 4.96. The number of unbranched alkanes of at least 4 members (excludes halogenated alkanes) is 2. The molecule has 118 valence electrons. The van der Waals surface area contributed by atoms with Gasteiger partial charge in [-0.2, -0.15) is 0 Å². The lowest BCUT2D eigenvalue weighted by atomic mass is 10.2. The second kappa shape index (κ2) is 7.75. The van der Waals surface area contributed by atoms with Crippen molar-refractivity contribution in [2.75, 3.05) is 0 Å². The van der Waals surface area contributed by atoms with E-state index in [1.807, 2.05) is 19.2 Å². The molecule has 7 heteroatoms. The van der Waals surface area contributed by atoms with E-state index in [9.17, 15) is 19.2 Å². The first kappa shape index (κ1) is 17.1. The van der Waals surface area contributed by atoms with Gasteiger partial charge < -0.3 is 9.47 Å². The fourth-order valence-electron chi connectivity index (χ4n) is 1.86. The van der Waals surface area contributed by atoms with Gasteiger partial charge in [0.15, 0.2) is 0 Å². The molecule has 1 saturated heterocycles. The van der Waals surface area contributed by atoms with Crippen molar-refractivity contribution in [2.24, 2.45) is 0 Å². The summed E-state index contributed by atoms with van der Waals surface area (Å²) in [4.78, 5) is 46.6. The van der Waals surface area contributed by atoms with Crippen LogP contribution < -0.4 is 5.32 Å². The summed E-state index contributed by atoms with van der Waals surface area (Å²) in [5.41, 5.74) is 0. The predicted octanol–water partition coefficient (Wildman–Crippen LogP) is 1.20. The molecule has 1 rings (SSSR count). The highest BCUT2D eigenvalue weighted by Crippen LogP contribution is 2.26. The van der Waals surface area contributed by atoms with Crippen LogP contribution in [0.4, 0.5) is 0 Å². The fraction of sp³-hybridized carbons (Fsp3) is 0.714. The molecular weight excluding hydrogens is 278 g/mol. The third-order valence-electron chi connectivity index (χ3n) is 3.02. The summed E-state index contributed by atoms with van der Waals surface area (Å²) in [5, 5.41) is 2.00. The van der Waals surface area contributed by atoms with Crippen molar-refractivity contribution < 1.29 is 28.7 Å². The summed E-state index contributed by atoms with van der Waals surface area (Å²) in [6.45, 7) is 3.80. The molecule has 2 amide bonds. The van der Waals surface area contributed by atoms with Crippen molar-refractivity contribution in [3.8, 4) is 0 Å². The van der Waals surface area contributed by atoms with Crippen LogP contribution in [0.25, 0.3) is 0 Å². The smallest absolute Gasteiger partial charge is 0.345 e. The maximum absolute atomic E-state index is 11.8. The number of rotatable bonds is 8. The Morgan fingerprint density at radius 1 is 1.05 bits per heavy atom. The molecule has 0 aliphatic carbocycles. The van der Waals surface area contributed by atoms with E-state index in [4.69, 9.17) is 9.47 Å². The Balaban J connectivity index is 2.76. The Kier molecular flexibility index (Phi) is 6.33. The van der Waals surface area contributed by atoms with Crippen LogP contribution in [0.3, 0.4) is 0 Å². The van der Waals surface area contributed by atoms with Gasteiger partial charge in [0, 0.05) is 12.8 Å². The first-order chi connectivity index (χ1) is 9.93. The van der Waals surface area contributed by atoms with E-state index in [0.29, 0.717) is 12.8 Å². The number of esters is 2. The van der Waals surface area contributed by atoms with Gasteiger partial charge in [-0.3, -0.25) is 24.5 Å². The van der Waals surface area contributed by atoms with E-state index >= 15 is 0 Å². The molecule has 0 atom stereocenters. The van der Waals surface area contributed by atoms with Crippen LogP contribution in [-0.2, 0) is 28.7 Å². The van der Waals surface area contributed by atoms with E-state index in [1.165, 1.54) is 0 Å². The molecule has 1 aliphatic rings. The molecule has 1 fully saturated rings. The van der Waals surface area contributed by atoms with Crippen LogP contribution >= 0.6 is 0 Å². The van der Waals surface area contributed by atoms with Crippen molar-refractivity contribution in [3.63, 3.8) is 0 Å². The number of hydrogen-bond donors (Lipinski definition) is 1. The van der Waals surface area contributed by atoms with Crippen LogP contribution in [0.2, 0.25) is 0 Å². The van der Waals surface area contributed by atoms with Crippen LogP contribution in [0.1, 0.15) is 58.8 Å². The summed E-state index contributed by atoms with van der Waals surface area (Å²) in [6, 6.07) is 0. The molecule has 0 aromatic carbocycles. The predicted molar refractivity (Wildman–Crippen MR) is 71.7 cm³/mol. The van der Waals surface area contributed by atoms with Crippen LogP contribution in [-0.4, -0.2) is 29.5 Å². The minimum Gasteiger partial charge on any atom is -0.413 e. The Labute approximate surface area is 123 Å². The second-order valence-electron chi connectivity index (χ2n) is 4.96. The Morgan fingerprint density at radius 3 is 1.86 bits per heavy atom. The monoisotopic (exact) mass is 299 g/mol. The van der Waals surface area contributed by atoms with Crippen molar-refractivity contribution in [3.05, 3.63) is 0 Å². The maximum atomic E-state index is 11.8. The van der Waals surface area contributed by atoms with Crippen molar-refractivity contribution in [2.45, 2.75) is 64.6 Å². The molecule has 21 heavy (non-hydrogen) atoms. The van der Waals surface area contributed by atoms with Gasteiger partial charge in [-0.25, -0.2) is 0 Å². The van der Waals surface area contributed by atoms with Gasteiger partial charge in [-0.1, -0.05) is 26.7 Å². The third kappa shape index (κ3) is 4.84. The number of carbonyl (C=O) groups excluding carboxylic acids is 4. The third-order valence-corrected chi connectivity index (χ3v) is 3.02. The van der Waals surface area contributed by atoms with Gasteiger partial charge in [-0.15, -0.1) is 0 Å². The Hall–Kier alpha value is -1.92. The Morgan fingerprint density at radius 2 is 1.52 bits per heavy atom. The van der Waals surface area contributed by atoms with Crippen molar-refractivity contribution in [1.29, 1.82) is 0 Å². The average Bonchev–Trinajstić information content (AvgIpc) is 2.68. The molecule has 0 bridgehead atoms. The van der Waals surface area contributed by atoms with Crippen LogP contribution in [0.15, 0.2) is 0 Å². The van der Waals surface area contributed by atoms with E-state index in [2.05, 4.69) is 0 Å². The largest absolute Gasteiger partial charge is 0.413 e. The molecule has 0 spiro atoms. The van der Waals surface area contributed by atoms with Gasteiger partial charge >= 0.3 is 23.6 Å². The van der Waals surface area contributed by atoms with Gasteiger partial charge in [-0.05, 0) is 12.8 Å². The SMILES string of the molecule is CCCCC(=O)OC1(OC(=O)CCCC)CC(=O)NC1=O. The number of ether oxygens (including phenoxy) is 2. The lowest BCUT2D eigenvalue weighted by Crippen LogP contribution is -2.46. The van der Waals surface area contributed by atoms with Crippen molar-refractivity contribution >= 4 is 23.8 Å². The minimum absolute atomic E-state index is 0.103. The van der Waals surface area contributed by atoms with E-state index in [0.717, 1.165) is 12.8 Å². The zero-order valence-corrected chi connectivity index (χ0v) is 12.4. The number of nitrogens with one attached hydrogen (secondary N) is 1. The molecule has 0 unspecified atom stereocenters. The highest BCUT2D eigenvalue weighted by atomic mass is 16.7. The number of hydrogen-bond acceptors (Lipinski definition) is 6. The van der Waals surface area contributed by atoms with Crippen LogP contribution in [0.5, 0.6) is 0 Å². The van der Waals surface area contributed by atoms with E-state index in [1.54, 1.807) is 0 Å². The lowest BCUT2D eigenvalue weighted by Gasteiger charge is -2.25. The average molecular weight is 299 g/mol. The summed E-state index contributed by atoms with van der Waals surface area (Å²) in [7, 11) is 0. The molecule has 0 aromatic rings. The molecule has 7 nitrogen and oxygen atoms in total. The quantitative estimate of drug-likeness (QED) is 0.411. The minimum atomic E-state index is -2.13. The first-order valence-electron chi connectivity index (χ1n) is 7.21. The van der Waals surface area contributed by atoms with Crippen LogP contribution in [0, 0.1) is 0 Å².